The van der Waals surface area contributed by atoms with Crippen molar-refractivity contribution in [3.8, 4) is 0 Å². The molecule has 0 saturated carbocycles. The Morgan fingerprint density at radius 1 is 1.10 bits per heavy atom. The van der Waals surface area contributed by atoms with Gasteiger partial charge in [0.25, 0.3) is 0 Å². The molecule has 6 nitrogen and oxygen atoms in total. The number of thioether (sulfide) groups is 1. The number of thiophene rings is 1. The molecule has 0 aliphatic carbocycles. The second-order valence-electron chi connectivity index (χ2n) is 6.36. The Bertz CT molecular complexity index is 1100. The number of hydrogen-bond donors (Lipinski definition) is 1. The third-order valence-corrected chi connectivity index (χ3v) is 7.17. The van der Waals surface area contributed by atoms with Gasteiger partial charge in [0.15, 0.2) is 0 Å². The number of carbonyl (C=O) groups is 1. The van der Waals surface area contributed by atoms with E-state index in [1.807, 2.05) is 66.9 Å². The Morgan fingerprint density at radius 2 is 1.90 bits per heavy atom. The second kappa shape index (κ2) is 9.92. The van der Waals surface area contributed by atoms with Crippen molar-refractivity contribution in [2.24, 2.45) is 0 Å². The summed E-state index contributed by atoms with van der Waals surface area (Å²) in [6.45, 7) is 2.45. The van der Waals surface area contributed by atoms with Crippen molar-refractivity contribution >= 4 is 46.5 Å². The van der Waals surface area contributed by atoms with Crippen LogP contribution in [0, 0.1) is 0 Å². The molecule has 0 aliphatic heterocycles. The van der Waals surface area contributed by atoms with Crippen LogP contribution in [0.5, 0.6) is 0 Å². The Morgan fingerprint density at radius 3 is 2.70 bits per heavy atom. The normalized spacial score (nSPS) is 11.9. The number of aromatic nitrogens is 4. The number of nitrogens with zero attached hydrogens (tertiary/aromatic N) is 4. The molecule has 2 aromatic carbocycles. The van der Waals surface area contributed by atoms with E-state index >= 15 is 0 Å². The van der Waals surface area contributed by atoms with Gasteiger partial charge in [0, 0.05) is 14.7 Å². The zero-order valence-electron chi connectivity index (χ0n) is 16.1. The Kier molecular flexibility index (Phi) is 6.83. The third-order valence-electron chi connectivity index (χ3n) is 4.15. The fraction of sp³-hybridized carbons (Fsp3) is 0.143. The summed E-state index contributed by atoms with van der Waals surface area (Å²) >= 11 is 4.62. The van der Waals surface area contributed by atoms with Crippen LogP contribution in [-0.2, 0) is 11.3 Å². The van der Waals surface area contributed by atoms with Crippen molar-refractivity contribution < 1.29 is 4.79 Å². The molecule has 0 bridgehead atoms. The number of anilines is 1. The molecule has 30 heavy (non-hydrogen) atoms. The van der Waals surface area contributed by atoms with Crippen LogP contribution in [-0.4, -0.2) is 31.4 Å². The molecule has 0 unspecified atom stereocenters. The topological polar surface area (TPSA) is 72.7 Å². The summed E-state index contributed by atoms with van der Waals surface area (Å²) < 4.78 is 1.72. The molecule has 0 spiro atoms. The Balaban J connectivity index is 1.42. The van der Waals surface area contributed by atoms with E-state index in [0.29, 0.717) is 11.7 Å². The molecule has 0 radical (unpaired) electrons. The molecule has 1 amide bonds. The van der Waals surface area contributed by atoms with Gasteiger partial charge in [-0.25, -0.2) is 4.68 Å². The number of para-hydroxylation sites is 1. The summed E-state index contributed by atoms with van der Waals surface area (Å²) in [5.41, 5.74) is 0.794. The standard InChI is InChI=1S/C21H19N5OS3/c1-15(29-21-23-24-25-26(21)14-17-10-7-13-28-17)20(27)22-18-11-5-6-12-19(18)30-16-8-3-2-4-9-16/h2-13,15H,14H2,1H3,(H,22,27)/t15-/m0/s1. The second-order valence-corrected chi connectivity index (χ2v) is 9.81. The SMILES string of the molecule is C[C@H](Sc1nnnn1Cc1cccs1)C(=O)Nc1ccccc1Sc1ccccc1. The molecule has 1 atom stereocenters. The maximum atomic E-state index is 12.9. The summed E-state index contributed by atoms with van der Waals surface area (Å²) in [7, 11) is 0. The molecule has 0 saturated heterocycles. The fourth-order valence-electron chi connectivity index (χ4n) is 2.65. The lowest BCUT2D eigenvalue weighted by atomic mass is 10.3. The predicted octanol–water partition coefficient (Wildman–Crippen LogP) is 5.05. The van der Waals surface area contributed by atoms with Crippen molar-refractivity contribution in [3.05, 3.63) is 77.0 Å². The van der Waals surface area contributed by atoms with Crippen LogP contribution in [0.2, 0.25) is 0 Å². The number of tetrazole rings is 1. The minimum atomic E-state index is -0.354. The minimum Gasteiger partial charge on any atom is -0.324 e. The van der Waals surface area contributed by atoms with E-state index < -0.39 is 0 Å². The van der Waals surface area contributed by atoms with Gasteiger partial charge in [-0.05, 0) is 53.1 Å². The van der Waals surface area contributed by atoms with Crippen LogP contribution < -0.4 is 5.32 Å². The zero-order valence-corrected chi connectivity index (χ0v) is 18.6. The monoisotopic (exact) mass is 453 g/mol. The van der Waals surface area contributed by atoms with Gasteiger partial charge in [0.2, 0.25) is 11.1 Å². The molecule has 9 heteroatoms. The van der Waals surface area contributed by atoms with Crippen LogP contribution in [0.3, 0.4) is 0 Å². The van der Waals surface area contributed by atoms with Gasteiger partial charge in [0.05, 0.1) is 17.5 Å². The molecule has 0 aliphatic rings. The molecule has 4 aromatic rings. The van der Waals surface area contributed by atoms with E-state index in [2.05, 4.69) is 33.0 Å². The molecule has 2 aromatic heterocycles. The van der Waals surface area contributed by atoms with Crippen LogP contribution in [0.4, 0.5) is 5.69 Å². The minimum absolute atomic E-state index is 0.0909. The lowest BCUT2D eigenvalue weighted by Gasteiger charge is -2.14. The van der Waals surface area contributed by atoms with Crippen molar-refractivity contribution in [1.82, 2.24) is 20.2 Å². The van der Waals surface area contributed by atoms with Crippen molar-refractivity contribution in [3.63, 3.8) is 0 Å². The summed E-state index contributed by atoms with van der Waals surface area (Å²) in [4.78, 5) is 16.1. The number of carbonyl (C=O) groups excluding carboxylic acids is 1. The largest absolute Gasteiger partial charge is 0.324 e. The zero-order chi connectivity index (χ0) is 20.8. The smallest absolute Gasteiger partial charge is 0.237 e. The van der Waals surface area contributed by atoms with Gasteiger partial charge in [-0.15, -0.1) is 16.4 Å². The lowest BCUT2D eigenvalue weighted by molar-refractivity contribution is -0.115. The van der Waals surface area contributed by atoms with E-state index in [1.54, 1.807) is 27.8 Å². The summed E-state index contributed by atoms with van der Waals surface area (Å²) in [5, 5.41) is 17.3. The highest BCUT2D eigenvalue weighted by molar-refractivity contribution is 8.00. The lowest BCUT2D eigenvalue weighted by Crippen LogP contribution is -2.23. The van der Waals surface area contributed by atoms with Crippen molar-refractivity contribution in [1.29, 1.82) is 0 Å². The highest BCUT2D eigenvalue weighted by Gasteiger charge is 2.20. The predicted molar refractivity (Wildman–Crippen MR) is 122 cm³/mol. The van der Waals surface area contributed by atoms with Gasteiger partial charge < -0.3 is 5.32 Å². The first-order chi connectivity index (χ1) is 14.7. The summed E-state index contributed by atoms with van der Waals surface area (Å²) in [6, 6.07) is 21.9. The van der Waals surface area contributed by atoms with Crippen molar-refractivity contribution in [2.75, 3.05) is 5.32 Å². The highest BCUT2D eigenvalue weighted by Crippen LogP contribution is 2.33. The molecule has 152 valence electrons. The first-order valence-electron chi connectivity index (χ1n) is 9.27. The Hall–Kier alpha value is -2.62. The van der Waals surface area contributed by atoms with Crippen LogP contribution in [0.15, 0.2) is 87.1 Å². The van der Waals surface area contributed by atoms with E-state index in [9.17, 15) is 4.79 Å². The molecule has 1 N–H and O–H groups in total. The summed E-state index contributed by atoms with van der Waals surface area (Å²) in [5.74, 6) is -0.0909. The van der Waals surface area contributed by atoms with Gasteiger partial charge in [-0.1, -0.05) is 59.9 Å². The van der Waals surface area contributed by atoms with Gasteiger partial charge in [-0.3, -0.25) is 4.79 Å². The quantitative estimate of drug-likeness (QED) is 0.376. The molecule has 0 fully saturated rings. The van der Waals surface area contributed by atoms with Gasteiger partial charge in [-0.2, -0.15) is 0 Å². The molecular weight excluding hydrogens is 434 g/mol. The van der Waals surface area contributed by atoms with E-state index in [-0.39, 0.29) is 11.2 Å². The van der Waals surface area contributed by atoms with Gasteiger partial charge in [0.1, 0.15) is 0 Å². The van der Waals surface area contributed by atoms with Gasteiger partial charge >= 0.3 is 0 Å². The highest BCUT2D eigenvalue weighted by atomic mass is 32.2. The third kappa shape index (κ3) is 5.29. The first-order valence-corrected chi connectivity index (χ1v) is 11.8. The Labute approximate surface area is 187 Å². The average Bonchev–Trinajstić information content (AvgIpc) is 3.43. The number of hydrogen-bond acceptors (Lipinski definition) is 7. The van der Waals surface area contributed by atoms with Crippen molar-refractivity contribution in [2.45, 2.75) is 33.7 Å². The molecule has 2 heterocycles. The van der Waals surface area contributed by atoms with Crippen LogP contribution in [0.25, 0.3) is 0 Å². The van der Waals surface area contributed by atoms with Crippen LogP contribution >= 0.6 is 34.9 Å². The fourth-order valence-corrected chi connectivity index (χ4v) is 5.05. The number of rotatable bonds is 8. The maximum absolute atomic E-state index is 12.9. The number of amides is 1. The van der Waals surface area contributed by atoms with E-state index in [1.165, 1.54) is 11.8 Å². The molecule has 4 rings (SSSR count). The summed E-state index contributed by atoms with van der Waals surface area (Å²) in [6.07, 6.45) is 0. The van der Waals surface area contributed by atoms with E-state index in [0.717, 1.165) is 20.4 Å². The van der Waals surface area contributed by atoms with E-state index in [4.69, 9.17) is 0 Å². The average molecular weight is 454 g/mol. The number of nitrogens with one attached hydrogen (secondary N) is 1. The maximum Gasteiger partial charge on any atom is 0.237 e. The van der Waals surface area contributed by atoms with Crippen LogP contribution in [0.1, 0.15) is 11.8 Å². The number of benzene rings is 2. The molecular formula is C21H19N5OS3. The first kappa shape index (κ1) is 20.6.